The number of Topliss-reactive ketones (excluding diaryl/α,β-unsaturated/α-hetero) is 1. The minimum atomic E-state index is -1.22. The monoisotopic (exact) mass is 355 g/mol. The molecule has 9 heteroatoms. The average molecular weight is 356 g/mol. The van der Waals surface area contributed by atoms with E-state index in [1.54, 1.807) is 0 Å². The van der Waals surface area contributed by atoms with Crippen LogP contribution in [0, 0.1) is 21.7 Å². The number of ketones is 1. The van der Waals surface area contributed by atoms with Crippen molar-refractivity contribution < 1.29 is 28.0 Å². The lowest BCUT2D eigenvalue weighted by Gasteiger charge is -2.06. The summed E-state index contributed by atoms with van der Waals surface area (Å²) in [6.45, 7) is -0.788. The van der Waals surface area contributed by atoms with Gasteiger partial charge in [-0.2, -0.15) is 0 Å². The third kappa shape index (κ3) is 3.90. The highest BCUT2D eigenvalue weighted by Gasteiger charge is 2.23. The van der Waals surface area contributed by atoms with E-state index in [0.717, 1.165) is 24.3 Å². The molecular weight excluding hydrogens is 348 g/mol. The van der Waals surface area contributed by atoms with E-state index in [1.165, 1.54) is 6.07 Å². The molecule has 124 valence electrons. The molecule has 6 nitrogen and oxygen atoms in total. The number of nitro groups is 1. The van der Waals surface area contributed by atoms with Crippen LogP contribution in [0.15, 0.2) is 36.4 Å². The standard InChI is InChI=1S/C15H8ClF2NO5/c16-9-2-3-10(13(6-9)19(22)23)15(21)24-7-14(20)8-1-4-11(17)12(18)5-8/h1-6H,7H2. The van der Waals surface area contributed by atoms with Gasteiger partial charge in [0.2, 0.25) is 0 Å². The van der Waals surface area contributed by atoms with Gasteiger partial charge < -0.3 is 4.74 Å². The molecule has 0 heterocycles. The number of benzene rings is 2. The van der Waals surface area contributed by atoms with Gasteiger partial charge in [0.05, 0.1) is 4.92 Å². The lowest BCUT2D eigenvalue weighted by Crippen LogP contribution is -2.15. The summed E-state index contributed by atoms with van der Waals surface area (Å²) < 4.78 is 30.6. The maximum Gasteiger partial charge on any atom is 0.345 e. The van der Waals surface area contributed by atoms with Gasteiger partial charge in [-0.3, -0.25) is 14.9 Å². The molecule has 24 heavy (non-hydrogen) atoms. The summed E-state index contributed by atoms with van der Waals surface area (Å²) >= 11 is 5.62. The molecule has 0 unspecified atom stereocenters. The van der Waals surface area contributed by atoms with Crippen molar-refractivity contribution in [1.82, 2.24) is 0 Å². The Hall–Kier alpha value is -2.87. The van der Waals surface area contributed by atoms with Gasteiger partial charge in [-0.05, 0) is 30.3 Å². The summed E-state index contributed by atoms with van der Waals surface area (Å²) in [5, 5.41) is 11.0. The number of hydrogen-bond acceptors (Lipinski definition) is 5. The maximum absolute atomic E-state index is 13.1. The quantitative estimate of drug-likeness (QED) is 0.354. The zero-order chi connectivity index (χ0) is 17.9. The molecule has 0 saturated carbocycles. The van der Waals surface area contributed by atoms with Crippen molar-refractivity contribution in [1.29, 1.82) is 0 Å². The molecular formula is C15H8ClF2NO5. The smallest absolute Gasteiger partial charge is 0.345 e. The first-order valence-electron chi connectivity index (χ1n) is 6.39. The predicted octanol–water partition coefficient (Wildman–Crippen LogP) is 3.57. The van der Waals surface area contributed by atoms with Crippen LogP contribution in [0.1, 0.15) is 20.7 Å². The Morgan fingerprint density at radius 3 is 2.46 bits per heavy atom. The molecule has 0 aliphatic rings. The summed E-state index contributed by atoms with van der Waals surface area (Å²) in [6, 6.07) is 5.76. The zero-order valence-corrected chi connectivity index (χ0v) is 12.5. The third-order valence-electron chi connectivity index (χ3n) is 2.95. The van der Waals surface area contributed by atoms with Crippen molar-refractivity contribution in [3.05, 3.63) is 74.3 Å². The number of carbonyl (C=O) groups excluding carboxylic acids is 2. The Balaban J connectivity index is 2.12. The second-order valence-corrected chi connectivity index (χ2v) is 4.98. The van der Waals surface area contributed by atoms with Crippen molar-refractivity contribution in [3.63, 3.8) is 0 Å². The van der Waals surface area contributed by atoms with Gasteiger partial charge >= 0.3 is 5.97 Å². The SMILES string of the molecule is O=C(COC(=O)c1ccc(Cl)cc1[N+](=O)[O-])c1ccc(F)c(F)c1. The number of halogens is 3. The minimum absolute atomic E-state index is 0.0520. The first kappa shape index (κ1) is 17.5. The molecule has 0 radical (unpaired) electrons. The number of nitrogens with zero attached hydrogens (tertiary/aromatic N) is 1. The van der Waals surface area contributed by atoms with Crippen LogP contribution < -0.4 is 0 Å². The first-order chi connectivity index (χ1) is 11.3. The van der Waals surface area contributed by atoms with Gasteiger partial charge in [0.15, 0.2) is 24.0 Å². The summed E-state index contributed by atoms with van der Waals surface area (Å²) in [4.78, 5) is 33.8. The number of esters is 1. The fraction of sp³-hybridized carbons (Fsp3) is 0.0667. The summed E-state index contributed by atoms with van der Waals surface area (Å²) in [6.07, 6.45) is 0. The highest BCUT2D eigenvalue weighted by molar-refractivity contribution is 6.31. The molecule has 0 bridgehead atoms. The van der Waals surface area contributed by atoms with Crippen molar-refractivity contribution in [2.24, 2.45) is 0 Å². The van der Waals surface area contributed by atoms with Crippen LogP contribution in [0.25, 0.3) is 0 Å². The molecule has 0 aliphatic carbocycles. The van der Waals surface area contributed by atoms with Crippen molar-refractivity contribution in [2.45, 2.75) is 0 Å². The van der Waals surface area contributed by atoms with Crippen LogP contribution in [0.3, 0.4) is 0 Å². The molecule has 2 aromatic carbocycles. The van der Waals surface area contributed by atoms with Crippen LogP contribution in [0.2, 0.25) is 5.02 Å². The number of carbonyl (C=O) groups is 2. The number of rotatable bonds is 5. The summed E-state index contributed by atoms with van der Waals surface area (Å²) in [5.41, 5.74) is -1.16. The highest BCUT2D eigenvalue weighted by atomic mass is 35.5. The van der Waals surface area contributed by atoms with Crippen LogP contribution in [-0.4, -0.2) is 23.3 Å². The zero-order valence-electron chi connectivity index (χ0n) is 11.8. The van der Waals surface area contributed by atoms with Crippen molar-refractivity contribution in [3.8, 4) is 0 Å². The van der Waals surface area contributed by atoms with Crippen LogP contribution >= 0.6 is 11.6 Å². The molecule has 0 amide bonds. The molecule has 0 aliphatic heterocycles. The van der Waals surface area contributed by atoms with E-state index in [2.05, 4.69) is 0 Å². The summed E-state index contributed by atoms with van der Waals surface area (Å²) in [7, 11) is 0. The van der Waals surface area contributed by atoms with Gasteiger partial charge in [0, 0.05) is 16.7 Å². The number of ether oxygens (including phenoxy) is 1. The van der Waals surface area contributed by atoms with Crippen LogP contribution in [0.4, 0.5) is 14.5 Å². The maximum atomic E-state index is 13.1. The molecule has 0 spiro atoms. The van der Waals surface area contributed by atoms with Crippen LogP contribution in [-0.2, 0) is 4.74 Å². The molecule has 0 fully saturated rings. The molecule has 0 saturated heterocycles. The predicted molar refractivity (Wildman–Crippen MR) is 79.1 cm³/mol. The average Bonchev–Trinajstić information content (AvgIpc) is 2.54. The first-order valence-corrected chi connectivity index (χ1v) is 6.76. The molecule has 2 rings (SSSR count). The topological polar surface area (TPSA) is 86.5 Å². The van der Waals surface area contributed by atoms with Gasteiger partial charge in [0.1, 0.15) is 5.56 Å². The number of hydrogen-bond donors (Lipinski definition) is 0. The van der Waals surface area contributed by atoms with Gasteiger partial charge in [-0.15, -0.1) is 0 Å². The van der Waals surface area contributed by atoms with E-state index in [1.807, 2.05) is 0 Å². The van der Waals surface area contributed by atoms with Crippen LogP contribution in [0.5, 0.6) is 0 Å². The largest absolute Gasteiger partial charge is 0.454 e. The van der Waals surface area contributed by atoms with Crippen molar-refractivity contribution >= 4 is 29.0 Å². The fourth-order valence-corrected chi connectivity index (χ4v) is 1.96. The van der Waals surface area contributed by atoms with E-state index in [9.17, 15) is 28.5 Å². The minimum Gasteiger partial charge on any atom is -0.454 e. The second-order valence-electron chi connectivity index (χ2n) is 4.55. The lowest BCUT2D eigenvalue weighted by atomic mass is 10.1. The Kier molecular flexibility index (Phi) is 5.20. The summed E-state index contributed by atoms with van der Waals surface area (Å²) in [5.74, 6) is -4.26. The molecule has 0 aromatic heterocycles. The Morgan fingerprint density at radius 1 is 1.12 bits per heavy atom. The van der Waals surface area contributed by atoms with E-state index < -0.39 is 40.6 Å². The normalized spacial score (nSPS) is 10.3. The molecule has 2 aromatic rings. The number of nitro benzene ring substituents is 1. The highest BCUT2D eigenvalue weighted by Crippen LogP contribution is 2.24. The van der Waals surface area contributed by atoms with E-state index in [-0.39, 0.29) is 16.1 Å². The molecule has 0 atom stereocenters. The third-order valence-corrected chi connectivity index (χ3v) is 3.19. The Morgan fingerprint density at radius 2 is 1.83 bits per heavy atom. The Labute approximate surface area is 138 Å². The second kappa shape index (κ2) is 7.14. The van der Waals surface area contributed by atoms with Gasteiger partial charge in [-0.25, -0.2) is 13.6 Å². The van der Waals surface area contributed by atoms with E-state index in [4.69, 9.17) is 16.3 Å². The van der Waals surface area contributed by atoms with E-state index >= 15 is 0 Å². The van der Waals surface area contributed by atoms with Gasteiger partial charge in [0.25, 0.3) is 5.69 Å². The molecule has 0 N–H and O–H groups in total. The van der Waals surface area contributed by atoms with Crippen molar-refractivity contribution in [2.75, 3.05) is 6.61 Å². The fourth-order valence-electron chi connectivity index (χ4n) is 1.79. The van der Waals surface area contributed by atoms with E-state index in [0.29, 0.717) is 6.07 Å². The lowest BCUT2D eigenvalue weighted by molar-refractivity contribution is -0.385. The Bertz CT molecular complexity index is 841. The van der Waals surface area contributed by atoms with Gasteiger partial charge in [-0.1, -0.05) is 11.6 Å².